The summed E-state index contributed by atoms with van der Waals surface area (Å²) in [5, 5.41) is 2.86. The van der Waals surface area contributed by atoms with Crippen LogP contribution in [0.1, 0.15) is 36.5 Å². The Kier molecular flexibility index (Phi) is 7.20. The molecule has 3 rings (SSSR count). The van der Waals surface area contributed by atoms with Crippen LogP contribution in [0.2, 0.25) is 0 Å². The number of piperidine rings is 1. The minimum Gasteiger partial charge on any atom is -0.334 e. The Labute approximate surface area is 171 Å². The lowest BCUT2D eigenvalue weighted by atomic mass is 9.99. The lowest BCUT2D eigenvalue weighted by Gasteiger charge is -2.30. The third kappa shape index (κ3) is 6.26. The molecule has 0 saturated carbocycles. The van der Waals surface area contributed by atoms with Gasteiger partial charge in [-0.3, -0.25) is 4.90 Å². The highest BCUT2D eigenvalue weighted by Gasteiger charge is 2.15. The summed E-state index contributed by atoms with van der Waals surface area (Å²) in [7, 11) is 1.62. The van der Waals surface area contributed by atoms with E-state index in [1.54, 1.807) is 7.05 Å². The number of hydrogen-bond acceptors (Lipinski definition) is 2. The van der Waals surface area contributed by atoms with E-state index < -0.39 is 11.6 Å². The number of carbonyl (C=O) groups excluding carboxylic acids is 1. The topological polar surface area (TPSA) is 35.6 Å². The highest BCUT2D eigenvalue weighted by atomic mass is 19.2. The van der Waals surface area contributed by atoms with Crippen molar-refractivity contribution in [2.45, 2.75) is 39.4 Å². The number of halogens is 2. The molecule has 2 aromatic rings. The van der Waals surface area contributed by atoms with Crippen LogP contribution in [0.3, 0.4) is 0 Å². The van der Waals surface area contributed by atoms with Gasteiger partial charge in [0.1, 0.15) is 0 Å². The van der Waals surface area contributed by atoms with Gasteiger partial charge in [-0.05, 0) is 60.7 Å². The first-order valence-corrected chi connectivity index (χ1v) is 10.1. The monoisotopic (exact) mass is 401 g/mol. The Morgan fingerprint density at radius 3 is 2.31 bits per heavy atom. The summed E-state index contributed by atoms with van der Waals surface area (Å²) in [5.41, 5.74) is 2.85. The molecule has 1 aliphatic heterocycles. The van der Waals surface area contributed by atoms with Gasteiger partial charge in [-0.15, -0.1) is 0 Å². The standard InChI is InChI=1S/C23H29F2N3O/c1-17-9-11-28(12-10-17)16-19-5-3-18(4-6-19)14-26-23(29)27(2)15-20-7-8-21(24)22(25)13-20/h3-8,13,17H,9-12,14-16H2,1-2H3,(H,26,29). The van der Waals surface area contributed by atoms with Crippen LogP contribution < -0.4 is 5.32 Å². The number of rotatable bonds is 6. The van der Waals surface area contributed by atoms with Gasteiger partial charge in [0.2, 0.25) is 0 Å². The highest BCUT2D eigenvalue weighted by molar-refractivity contribution is 5.73. The van der Waals surface area contributed by atoms with Gasteiger partial charge in [0.15, 0.2) is 11.6 Å². The van der Waals surface area contributed by atoms with Crippen molar-refractivity contribution in [3.63, 3.8) is 0 Å². The maximum atomic E-state index is 13.3. The number of carbonyl (C=O) groups is 1. The minimum absolute atomic E-state index is 0.205. The van der Waals surface area contributed by atoms with Gasteiger partial charge >= 0.3 is 6.03 Å². The van der Waals surface area contributed by atoms with Crippen LogP contribution in [0.25, 0.3) is 0 Å². The zero-order chi connectivity index (χ0) is 20.8. The molecule has 1 aliphatic rings. The minimum atomic E-state index is -0.907. The normalized spacial score (nSPS) is 15.3. The molecule has 0 bridgehead atoms. The van der Waals surface area contributed by atoms with E-state index in [-0.39, 0.29) is 12.6 Å². The van der Waals surface area contributed by atoms with Crippen molar-refractivity contribution in [1.82, 2.24) is 15.1 Å². The smallest absolute Gasteiger partial charge is 0.317 e. The van der Waals surface area contributed by atoms with Crippen LogP contribution in [-0.4, -0.2) is 36.0 Å². The molecule has 0 radical (unpaired) electrons. The molecule has 156 valence electrons. The van der Waals surface area contributed by atoms with E-state index in [1.165, 1.54) is 29.4 Å². The van der Waals surface area contributed by atoms with Crippen molar-refractivity contribution >= 4 is 6.03 Å². The molecule has 0 unspecified atom stereocenters. The average molecular weight is 402 g/mol. The molecule has 1 saturated heterocycles. The number of nitrogens with one attached hydrogen (secondary N) is 1. The fourth-order valence-electron chi connectivity index (χ4n) is 3.54. The van der Waals surface area contributed by atoms with E-state index in [4.69, 9.17) is 0 Å². The van der Waals surface area contributed by atoms with Crippen LogP contribution in [0.15, 0.2) is 42.5 Å². The van der Waals surface area contributed by atoms with Crippen molar-refractivity contribution in [3.8, 4) is 0 Å². The summed E-state index contributed by atoms with van der Waals surface area (Å²) in [4.78, 5) is 16.2. The van der Waals surface area contributed by atoms with Gasteiger partial charge in [-0.2, -0.15) is 0 Å². The lowest BCUT2D eigenvalue weighted by Crippen LogP contribution is -2.36. The molecule has 29 heavy (non-hydrogen) atoms. The van der Waals surface area contributed by atoms with Crippen molar-refractivity contribution in [2.75, 3.05) is 20.1 Å². The summed E-state index contributed by atoms with van der Waals surface area (Å²) >= 11 is 0. The van der Waals surface area contributed by atoms with Crippen LogP contribution >= 0.6 is 0 Å². The van der Waals surface area contributed by atoms with E-state index in [0.717, 1.165) is 43.2 Å². The van der Waals surface area contributed by atoms with E-state index in [2.05, 4.69) is 29.3 Å². The van der Waals surface area contributed by atoms with Crippen LogP contribution in [-0.2, 0) is 19.6 Å². The fraction of sp³-hybridized carbons (Fsp3) is 0.435. The second kappa shape index (κ2) is 9.83. The molecular weight excluding hydrogens is 372 g/mol. The van der Waals surface area contributed by atoms with Gasteiger partial charge in [-0.25, -0.2) is 13.6 Å². The van der Waals surface area contributed by atoms with E-state index in [1.807, 2.05) is 12.1 Å². The first-order chi connectivity index (χ1) is 13.9. The predicted octanol–water partition coefficient (Wildman–Crippen LogP) is 4.54. The number of nitrogens with zero attached hydrogens (tertiary/aromatic N) is 2. The predicted molar refractivity (Wildman–Crippen MR) is 110 cm³/mol. The Balaban J connectivity index is 1.45. The summed E-state index contributed by atoms with van der Waals surface area (Å²) in [6.45, 7) is 6.22. The van der Waals surface area contributed by atoms with Crippen molar-refractivity contribution < 1.29 is 13.6 Å². The first kappa shape index (κ1) is 21.2. The Bertz CT molecular complexity index is 817. The average Bonchev–Trinajstić information content (AvgIpc) is 2.71. The molecule has 6 heteroatoms. The third-order valence-electron chi connectivity index (χ3n) is 5.50. The first-order valence-electron chi connectivity index (χ1n) is 10.1. The van der Waals surface area contributed by atoms with E-state index in [9.17, 15) is 13.6 Å². The maximum absolute atomic E-state index is 13.3. The molecule has 0 aromatic heterocycles. The van der Waals surface area contributed by atoms with E-state index >= 15 is 0 Å². The molecule has 0 spiro atoms. The Morgan fingerprint density at radius 1 is 1.03 bits per heavy atom. The van der Waals surface area contributed by atoms with Crippen LogP contribution in [0.5, 0.6) is 0 Å². The molecule has 4 nitrogen and oxygen atoms in total. The summed E-state index contributed by atoms with van der Waals surface area (Å²) in [5.74, 6) is -0.966. The molecular formula is C23H29F2N3O. The summed E-state index contributed by atoms with van der Waals surface area (Å²) in [6, 6.07) is 11.7. The summed E-state index contributed by atoms with van der Waals surface area (Å²) in [6.07, 6.45) is 2.53. The molecule has 1 fully saturated rings. The molecule has 0 atom stereocenters. The SMILES string of the molecule is CC1CCN(Cc2ccc(CNC(=O)N(C)Cc3ccc(F)c(F)c3)cc2)CC1. The zero-order valence-electron chi connectivity index (χ0n) is 17.1. The number of urea groups is 1. The lowest BCUT2D eigenvalue weighted by molar-refractivity contribution is 0.185. The van der Waals surface area contributed by atoms with Gasteiger partial charge in [0.25, 0.3) is 0 Å². The largest absolute Gasteiger partial charge is 0.334 e. The molecule has 1 heterocycles. The number of amides is 2. The Morgan fingerprint density at radius 2 is 1.66 bits per heavy atom. The number of hydrogen-bond donors (Lipinski definition) is 1. The molecule has 1 N–H and O–H groups in total. The molecule has 2 aromatic carbocycles. The van der Waals surface area contributed by atoms with Crippen LogP contribution in [0.4, 0.5) is 13.6 Å². The van der Waals surface area contributed by atoms with Crippen molar-refractivity contribution in [2.24, 2.45) is 5.92 Å². The zero-order valence-corrected chi connectivity index (χ0v) is 17.1. The van der Waals surface area contributed by atoms with Crippen molar-refractivity contribution in [3.05, 3.63) is 70.8 Å². The van der Waals surface area contributed by atoms with Gasteiger partial charge in [-0.1, -0.05) is 37.3 Å². The number of likely N-dealkylation sites (tertiary alicyclic amines) is 1. The van der Waals surface area contributed by atoms with Crippen LogP contribution in [0, 0.1) is 17.6 Å². The quantitative estimate of drug-likeness (QED) is 0.771. The Hall–Kier alpha value is -2.47. The summed E-state index contributed by atoms with van der Waals surface area (Å²) < 4.78 is 26.3. The van der Waals surface area contributed by atoms with Gasteiger partial charge < -0.3 is 10.2 Å². The second-order valence-electron chi connectivity index (χ2n) is 8.04. The fourth-order valence-corrected chi connectivity index (χ4v) is 3.54. The molecule has 2 amide bonds. The van der Waals surface area contributed by atoms with Gasteiger partial charge in [0, 0.05) is 26.7 Å². The van der Waals surface area contributed by atoms with E-state index in [0.29, 0.717) is 12.1 Å². The maximum Gasteiger partial charge on any atom is 0.317 e. The second-order valence-corrected chi connectivity index (χ2v) is 8.04. The third-order valence-corrected chi connectivity index (χ3v) is 5.50. The number of benzene rings is 2. The van der Waals surface area contributed by atoms with Gasteiger partial charge in [0.05, 0.1) is 0 Å². The molecule has 0 aliphatic carbocycles. The highest BCUT2D eigenvalue weighted by Crippen LogP contribution is 2.18. The van der Waals surface area contributed by atoms with Crippen molar-refractivity contribution in [1.29, 1.82) is 0 Å².